The highest BCUT2D eigenvalue weighted by Gasteiger charge is 2.13. The first kappa shape index (κ1) is 13.5. The van der Waals surface area contributed by atoms with Gasteiger partial charge in [0.25, 0.3) is 0 Å². The summed E-state index contributed by atoms with van der Waals surface area (Å²) >= 11 is 0. The first-order valence-corrected chi connectivity index (χ1v) is 7.28. The van der Waals surface area contributed by atoms with Crippen molar-refractivity contribution in [3.63, 3.8) is 0 Å². The van der Waals surface area contributed by atoms with Crippen LogP contribution in [0, 0.1) is 0 Å². The summed E-state index contributed by atoms with van der Waals surface area (Å²) in [5.41, 5.74) is 6.75. The number of nitrogen functional groups attached to an aromatic ring is 1. The Bertz CT molecular complexity index is 625. The SMILES string of the molecule is Nc1ccccc1CS(=O)(=O)NCCc1ncno1. The maximum Gasteiger partial charge on any atom is 0.227 e. The Balaban J connectivity index is 1.90. The predicted molar refractivity (Wildman–Crippen MR) is 69.5 cm³/mol. The van der Waals surface area contributed by atoms with E-state index < -0.39 is 10.0 Å². The normalized spacial score (nSPS) is 11.6. The lowest BCUT2D eigenvalue weighted by Crippen LogP contribution is -2.27. The maximum atomic E-state index is 11.8. The Kier molecular flexibility index (Phi) is 4.13. The van der Waals surface area contributed by atoms with Gasteiger partial charge >= 0.3 is 0 Å². The summed E-state index contributed by atoms with van der Waals surface area (Å²) in [7, 11) is -3.43. The van der Waals surface area contributed by atoms with Gasteiger partial charge in [0, 0.05) is 18.7 Å². The lowest BCUT2D eigenvalue weighted by atomic mass is 10.2. The number of hydrogen-bond acceptors (Lipinski definition) is 6. The maximum absolute atomic E-state index is 11.8. The van der Waals surface area contributed by atoms with Crippen LogP contribution in [0.4, 0.5) is 5.69 Å². The first-order valence-electron chi connectivity index (χ1n) is 5.63. The number of para-hydroxylation sites is 1. The quantitative estimate of drug-likeness (QED) is 0.738. The van der Waals surface area contributed by atoms with Gasteiger partial charge in [-0.15, -0.1) is 0 Å². The zero-order valence-corrected chi connectivity index (χ0v) is 10.9. The molecule has 7 nitrogen and oxygen atoms in total. The molecule has 1 aromatic heterocycles. The Morgan fingerprint density at radius 1 is 1.32 bits per heavy atom. The largest absolute Gasteiger partial charge is 0.398 e. The lowest BCUT2D eigenvalue weighted by Gasteiger charge is -2.07. The van der Waals surface area contributed by atoms with Crippen LogP contribution < -0.4 is 10.5 Å². The second-order valence-corrected chi connectivity index (χ2v) is 5.74. The first-order chi connectivity index (χ1) is 9.07. The number of benzene rings is 1. The van der Waals surface area contributed by atoms with Gasteiger partial charge in [-0.2, -0.15) is 4.98 Å². The average Bonchev–Trinajstić information content (AvgIpc) is 2.85. The molecule has 0 fully saturated rings. The topological polar surface area (TPSA) is 111 Å². The van der Waals surface area contributed by atoms with Crippen molar-refractivity contribution in [2.45, 2.75) is 12.2 Å². The van der Waals surface area contributed by atoms with Gasteiger partial charge in [-0.25, -0.2) is 13.1 Å². The molecule has 2 rings (SSSR count). The predicted octanol–water partition coefficient (Wildman–Crippen LogP) is 0.314. The molecule has 3 N–H and O–H groups in total. The number of nitrogens with two attached hydrogens (primary N) is 1. The van der Waals surface area contributed by atoms with Crippen LogP contribution in [0.25, 0.3) is 0 Å². The van der Waals surface area contributed by atoms with Crippen LogP contribution in [0.2, 0.25) is 0 Å². The van der Waals surface area contributed by atoms with Crippen LogP contribution in [0.1, 0.15) is 11.5 Å². The van der Waals surface area contributed by atoms with Crippen LogP contribution >= 0.6 is 0 Å². The number of nitrogens with one attached hydrogen (secondary N) is 1. The molecule has 19 heavy (non-hydrogen) atoms. The average molecular weight is 282 g/mol. The fourth-order valence-electron chi connectivity index (χ4n) is 1.54. The summed E-state index contributed by atoms with van der Waals surface area (Å²) in [6, 6.07) is 6.87. The van der Waals surface area contributed by atoms with Gasteiger partial charge in [0.2, 0.25) is 15.9 Å². The van der Waals surface area contributed by atoms with Crippen LogP contribution in [0.5, 0.6) is 0 Å². The number of hydrogen-bond donors (Lipinski definition) is 2. The van der Waals surface area contributed by atoms with Gasteiger partial charge < -0.3 is 10.3 Å². The van der Waals surface area contributed by atoms with E-state index in [1.165, 1.54) is 6.33 Å². The summed E-state index contributed by atoms with van der Waals surface area (Å²) in [4.78, 5) is 3.80. The molecule has 0 aliphatic rings. The highest BCUT2D eigenvalue weighted by Crippen LogP contribution is 2.13. The molecule has 8 heteroatoms. The molecule has 1 aromatic carbocycles. The van der Waals surface area contributed by atoms with Crippen molar-refractivity contribution in [1.29, 1.82) is 0 Å². The third-order valence-electron chi connectivity index (χ3n) is 2.47. The second-order valence-electron chi connectivity index (χ2n) is 3.94. The Morgan fingerprint density at radius 3 is 2.79 bits per heavy atom. The third kappa shape index (κ3) is 4.04. The van der Waals surface area contributed by atoms with E-state index in [0.29, 0.717) is 23.6 Å². The number of aromatic nitrogens is 2. The van der Waals surface area contributed by atoms with Crippen molar-refractivity contribution in [3.05, 3.63) is 42.0 Å². The molecular weight excluding hydrogens is 268 g/mol. The highest BCUT2D eigenvalue weighted by atomic mass is 32.2. The minimum atomic E-state index is -3.43. The van der Waals surface area contributed by atoms with E-state index in [1.54, 1.807) is 24.3 Å². The molecule has 0 saturated heterocycles. The van der Waals surface area contributed by atoms with E-state index >= 15 is 0 Å². The molecule has 0 unspecified atom stereocenters. The minimum Gasteiger partial charge on any atom is -0.398 e. The summed E-state index contributed by atoms with van der Waals surface area (Å²) in [6.07, 6.45) is 1.62. The summed E-state index contributed by atoms with van der Waals surface area (Å²) in [6.45, 7) is 0.206. The van der Waals surface area contributed by atoms with Gasteiger partial charge in [-0.05, 0) is 11.6 Å². The zero-order valence-electron chi connectivity index (χ0n) is 10.1. The van der Waals surface area contributed by atoms with E-state index in [9.17, 15) is 8.42 Å². The molecule has 2 aromatic rings. The zero-order chi connectivity index (χ0) is 13.7. The molecule has 0 aliphatic carbocycles. The van der Waals surface area contributed by atoms with Crippen molar-refractivity contribution < 1.29 is 12.9 Å². The minimum absolute atomic E-state index is 0.149. The number of nitrogens with zero attached hydrogens (tertiary/aromatic N) is 2. The lowest BCUT2D eigenvalue weighted by molar-refractivity contribution is 0.377. The van der Waals surface area contributed by atoms with Crippen LogP contribution in [-0.2, 0) is 22.2 Å². The van der Waals surface area contributed by atoms with Crippen molar-refractivity contribution in [2.24, 2.45) is 0 Å². The summed E-state index contributed by atoms with van der Waals surface area (Å²) in [5.74, 6) is 0.241. The van der Waals surface area contributed by atoms with Crippen LogP contribution in [-0.4, -0.2) is 25.1 Å². The monoisotopic (exact) mass is 282 g/mol. The van der Waals surface area contributed by atoms with Crippen LogP contribution in [0.3, 0.4) is 0 Å². The van der Waals surface area contributed by atoms with Gasteiger partial charge in [0.1, 0.15) is 0 Å². The smallest absolute Gasteiger partial charge is 0.227 e. The van der Waals surface area contributed by atoms with E-state index in [2.05, 4.69) is 14.9 Å². The van der Waals surface area contributed by atoms with Gasteiger partial charge in [0.05, 0.1) is 5.75 Å². The molecule has 0 saturated carbocycles. The van der Waals surface area contributed by atoms with Gasteiger partial charge in [0.15, 0.2) is 6.33 Å². The van der Waals surface area contributed by atoms with Gasteiger partial charge in [-0.3, -0.25) is 0 Å². The molecule has 0 aliphatic heterocycles. The summed E-state index contributed by atoms with van der Waals surface area (Å²) < 4.78 is 30.9. The van der Waals surface area contributed by atoms with Crippen molar-refractivity contribution in [1.82, 2.24) is 14.9 Å². The standard InChI is InChI=1S/C11H14N4O3S/c12-10-4-2-1-3-9(10)7-19(16,17)15-6-5-11-13-8-14-18-11/h1-4,8,15H,5-7,12H2. The fraction of sp³-hybridized carbons (Fsp3) is 0.273. The van der Waals surface area contributed by atoms with E-state index in [-0.39, 0.29) is 12.3 Å². The Labute approximate surface area is 110 Å². The van der Waals surface area contributed by atoms with Gasteiger partial charge in [-0.1, -0.05) is 23.4 Å². The molecule has 0 spiro atoms. The van der Waals surface area contributed by atoms with E-state index in [0.717, 1.165) is 0 Å². The Morgan fingerprint density at radius 2 is 2.11 bits per heavy atom. The highest BCUT2D eigenvalue weighted by molar-refractivity contribution is 7.88. The second kappa shape index (κ2) is 5.81. The molecule has 0 atom stereocenters. The number of rotatable bonds is 6. The van der Waals surface area contributed by atoms with Crippen molar-refractivity contribution >= 4 is 15.7 Å². The number of sulfonamides is 1. The third-order valence-corrected chi connectivity index (χ3v) is 3.80. The summed E-state index contributed by atoms with van der Waals surface area (Å²) in [5, 5.41) is 3.44. The van der Waals surface area contributed by atoms with Crippen LogP contribution in [0.15, 0.2) is 35.1 Å². The molecule has 0 radical (unpaired) electrons. The van der Waals surface area contributed by atoms with Crippen molar-refractivity contribution in [2.75, 3.05) is 12.3 Å². The molecule has 102 valence electrons. The van der Waals surface area contributed by atoms with E-state index in [1.807, 2.05) is 0 Å². The Hall–Kier alpha value is -1.93. The van der Waals surface area contributed by atoms with Crippen molar-refractivity contribution in [3.8, 4) is 0 Å². The van der Waals surface area contributed by atoms with E-state index in [4.69, 9.17) is 10.3 Å². The number of anilines is 1. The fourth-order valence-corrected chi connectivity index (χ4v) is 2.73. The molecular formula is C11H14N4O3S. The molecule has 0 bridgehead atoms. The molecule has 0 amide bonds. The molecule has 1 heterocycles.